The van der Waals surface area contributed by atoms with Crippen molar-refractivity contribution < 1.29 is 9.21 Å². The molecular weight excluding hydrogens is 436 g/mol. The minimum absolute atomic E-state index is 0.00237. The Morgan fingerprint density at radius 1 is 0.857 bits per heavy atom. The molecule has 0 unspecified atom stereocenters. The van der Waals surface area contributed by atoms with Gasteiger partial charge in [0, 0.05) is 10.0 Å². The van der Waals surface area contributed by atoms with Crippen molar-refractivity contribution in [1.29, 1.82) is 0 Å². The molecule has 138 valence electrons. The van der Waals surface area contributed by atoms with Crippen LogP contribution in [-0.4, -0.2) is 16.0 Å². The van der Waals surface area contributed by atoms with Gasteiger partial charge in [-0.05, 0) is 45.4 Å². The van der Waals surface area contributed by atoms with Gasteiger partial charge < -0.3 is 4.42 Å². The Hall–Kier alpha value is -2.70. The zero-order valence-electron chi connectivity index (χ0n) is 14.7. The molecule has 4 nitrogen and oxygen atoms in total. The van der Waals surface area contributed by atoms with E-state index in [4.69, 9.17) is 4.42 Å². The van der Waals surface area contributed by atoms with Gasteiger partial charge in [-0.1, -0.05) is 72.8 Å². The Morgan fingerprint density at radius 2 is 1.50 bits per heavy atom. The predicted molar refractivity (Wildman–Crippen MR) is 113 cm³/mol. The van der Waals surface area contributed by atoms with Crippen molar-refractivity contribution in [2.45, 2.75) is 10.5 Å². The number of ketones is 1. The second-order valence-electron chi connectivity index (χ2n) is 5.99. The fourth-order valence-electron chi connectivity index (χ4n) is 2.76. The zero-order valence-corrected chi connectivity index (χ0v) is 17.1. The summed E-state index contributed by atoms with van der Waals surface area (Å²) in [7, 11) is 0. The van der Waals surface area contributed by atoms with E-state index in [1.165, 1.54) is 11.8 Å². The topological polar surface area (TPSA) is 56.0 Å². The Morgan fingerprint density at radius 3 is 2.21 bits per heavy atom. The van der Waals surface area contributed by atoms with Crippen molar-refractivity contribution in [2.24, 2.45) is 0 Å². The third kappa shape index (κ3) is 4.08. The van der Waals surface area contributed by atoms with Crippen LogP contribution in [0.15, 0.2) is 99.0 Å². The number of aromatic nitrogens is 2. The molecule has 0 N–H and O–H groups in total. The Bertz CT molecular complexity index is 1080. The lowest BCUT2D eigenvalue weighted by Crippen LogP contribution is -2.10. The van der Waals surface area contributed by atoms with Crippen LogP contribution >= 0.6 is 27.7 Å². The smallest absolute Gasteiger partial charge is 0.277 e. The van der Waals surface area contributed by atoms with Crippen molar-refractivity contribution in [1.82, 2.24) is 10.2 Å². The second kappa shape index (κ2) is 8.54. The summed E-state index contributed by atoms with van der Waals surface area (Å²) in [6, 6.07) is 26.5. The van der Waals surface area contributed by atoms with E-state index >= 15 is 0 Å². The molecule has 0 radical (unpaired) electrons. The van der Waals surface area contributed by atoms with Crippen LogP contribution in [0.5, 0.6) is 0 Å². The van der Waals surface area contributed by atoms with Crippen LogP contribution in [0, 0.1) is 0 Å². The van der Waals surface area contributed by atoms with E-state index in [9.17, 15) is 4.79 Å². The van der Waals surface area contributed by atoms with Crippen molar-refractivity contribution >= 4 is 33.5 Å². The number of Topliss-reactive ketones (excluding diaryl/α,β-unsaturated/α-hetero) is 1. The third-order valence-electron chi connectivity index (χ3n) is 4.13. The van der Waals surface area contributed by atoms with Gasteiger partial charge in [-0.25, -0.2) is 0 Å². The maximum absolute atomic E-state index is 13.2. The lowest BCUT2D eigenvalue weighted by molar-refractivity contribution is 0.0989. The van der Waals surface area contributed by atoms with E-state index < -0.39 is 5.25 Å². The molecule has 1 heterocycles. The molecule has 0 saturated heterocycles. The van der Waals surface area contributed by atoms with Crippen LogP contribution in [0.4, 0.5) is 0 Å². The number of halogens is 1. The molecule has 3 aromatic carbocycles. The summed E-state index contributed by atoms with van der Waals surface area (Å²) in [5.41, 5.74) is 2.35. The SMILES string of the molecule is O=C(c1ccccc1)[C@@H](Sc1nnc(-c2ccccc2Br)o1)c1ccccc1. The normalized spacial score (nSPS) is 11.9. The summed E-state index contributed by atoms with van der Waals surface area (Å²) in [6.07, 6.45) is 0. The molecule has 6 heteroatoms. The molecule has 28 heavy (non-hydrogen) atoms. The highest BCUT2D eigenvalue weighted by atomic mass is 79.9. The molecule has 0 aliphatic rings. The fraction of sp³-hybridized carbons (Fsp3) is 0.0455. The summed E-state index contributed by atoms with van der Waals surface area (Å²) in [4.78, 5) is 13.2. The number of nitrogens with zero attached hydrogens (tertiary/aromatic N) is 2. The van der Waals surface area contributed by atoms with Gasteiger partial charge in [-0.15, -0.1) is 10.2 Å². The maximum atomic E-state index is 13.2. The zero-order chi connectivity index (χ0) is 19.3. The van der Waals surface area contributed by atoms with Gasteiger partial charge in [-0.2, -0.15) is 0 Å². The quantitative estimate of drug-likeness (QED) is 0.258. The molecule has 4 aromatic rings. The molecular formula is C22H15BrN2O2S. The molecule has 0 fully saturated rings. The van der Waals surface area contributed by atoms with Crippen molar-refractivity contribution in [3.8, 4) is 11.5 Å². The van der Waals surface area contributed by atoms with E-state index in [1.54, 1.807) is 0 Å². The highest BCUT2D eigenvalue weighted by Crippen LogP contribution is 2.38. The Labute approximate surface area is 175 Å². The van der Waals surface area contributed by atoms with Crippen LogP contribution in [0.3, 0.4) is 0 Å². The molecule has 0 spiro atoms. The van der Waals surface area contributed by atoms with Gasteiger partial charge in [0.1, 0.15) is 5.25 Å². The summed E-state index contributed by atoms with van der Waals surface area (Å²) in [5.74, 6) is 0.409. The highest BCUT2D eigenvalue weighted by Gasteiger charge is 2.26. The number of hydrogen-bond donors (Lipinski definition) is 0. The van der Waals surface area contributed by atoms with E-state index in [-0.39, 0.29) is 5.78 Å². The van der Waals surface area contributed by atoms with Gasteiger partial charge >= 0.3 is 0 Å². The number of carbonyl (C=O) groups is 1. The minimum atomic E-state index is -0.476. The number of benzene rings is 3. The lowest BCUT2D eigenvalue weighted by atomic mass is 10.0. The first-order valence-corrected chi connectivity index (χ1v) is 10.3. The summed E-state index contributed by atoms with van der Waals surface area (Å²) in [6.45, 7) is 0. The first kappa shape index (κ1) is 18.7. The van der Waals surface area contributed by atoms with Crippen molar-refractivity contribution in [3.63, 3.8) is 0 Å². The van der Waals surface area contributed by atoms with Gasteiger partial charge in [-0.3, -0.25) is 4.79 Å². The van der Waals surface area contributed by atoms with Gasteiger partial charge in [0.25, 0.3) is 5.22 Å². The first-order chi connectivity index (χ1) is 13.7. The standard InChI is InChI=1S/C22H15BrN2O2S/c23-18-14-8-7-13-17(18)21-24-25-22(27-21)28-20(16-11-5-2-6-12-16)19(26)15-9-3-1-4-10-15/h1-14,20H/t20-/m0/s1. The Kier molecular flexibility index (Phi) is 5.69. The average molecular weight is 451 g/mol. The van der Waals surface area contributed by atoms with Gasteiger partial charge in [0.05, 0.1) is 5.56 Å². The van der Waals surface area contributed by atoms with Gasteiger partial charge in [0.2, 0.25) is 5.89 Å². The molecule has 0 bridgehead atoms. The van der Waals surface area contributed by atoms with Crippen LogP contribution in [0.1, 0.15) is 21.2 Å². The van der Waals surface area contributed by atoms with E-state index in [0.717, 1.165) is 15.6 Å². The first-order valence-electron chi connectivity index (χ1n) is 8.61. The monoisotopic (exact) mass is 450 g/mol. The van der Waals surface area contributed by atoms with Gasteiger partial charge in [0.15, 0.2) is 5.78 Å². The predicted octanol–water partition coefficient (Wildman–Crippen LogP) is 6.22. The maximum Gasteiger partial charge on any atom is 0.277 e. The molecule has 0 saturated carbocycles. The number of carbonyl (C=O) groups excluding carboxylic acids is 1. The molecule has 1 atom stereocenters. The van der Waals surface area contributed by atoms with Crippen LogP contribution in [0.25, 0.3) is 11.5 Å². The number of rotatable bonds is 6. The van der Waals surface area contributed by atoms with E-state index in [0.29, 0.717) is 16.7 Å². The molecule has 0 aliphatic carbocycles. The van der Waals surface area contributed by atoms with Crippen LogP contribution < -0.4 is 0 Å². The van der Waals surface area contributed by atoms with Crippen LogP contribution in [0.2, 0.25) is 0 Å². The summed E-state index contributed by atoms with van der Waals surface area (Å²) in [5, 5.41) is 8.17. The average Bonchev–Trinajstić information content (AvgIpc) is 3.21. The van der Waals surface area contributed by atoms with E-state index in [2.05, 4.69) is 26.1 Å². The number of hydrogen-bond acceptors (Lipinski definition) is 5. The Balaban J connectivity index is 1.65. The minimum Gasteiger partial charge on any atom is -0.411 e. The third-order valence-corrected chi connectivity index (χ3v) is 5.91. The second-order valence-corrected chi connectivity index (χ2v) is 7.90. The highest BCUT2D eigenvalue weighted by molar-refractivity contribution is 9.10. The summed E-state index contributed by atoms with van der Waals surface area (Å²) < 4.78 is 6.72. The molecule has 0 amide bonds. The molecule has 4 rings (SSSR count). The lowest BCUT2D eigenvalue weighted by Gasteiger charge is -2.14. The fourth-order valence-corrected chi connectivity index (χ4v) is 4.16. The van der Waals surface area contributed by atoms with Crippen molar-refractivity contribution in [3.05, 3.63) is 101 Å². The van der Waals surface area contributed by atoms with Crippen molar-refractivity contribution in [2.75, 3.05) is 0 Å². The molecule has 0 aliphatic heterocycles. The van der Waals surface area contributed by atoms with E-state index in [1.807, 2.05) is 84.9 Å². The molecule has 1 aromatic heterocycles. The largest absolute Gasteiger partial charge is 0.411 e. The summed E-state index contributed by atoms with van der Waals surface area (Å²) >= 11 is 4.76. The van der Waals surface area contributed by atoms with Crippen LogP contribution in [-0.2, 0) is 0 Å². The number of thioether (sulfide) groups is 1.